The molecule has 0 saturated carbocycles. The lowest BCUT2D eigenvalue weighted by Gasteiger charge is -2.05. The van der Waals surface area contributed by atoms with Gasteiger partial charge >= 0.3 is 6.03 Å². The molecule has 0 aliphatic heterocycles. The smallest absolute Gasteiger partial charge is 0.325 e. The number of carbonyl (C=O) groups excluding carboxylic acids is 1. The number of carbonyl (C=O) groups is 1. The van der Waals surface area contributed by atoms with Gasteiger partial charge < -0.3 is 10.5 Å². The Kier molecular flexibility index (Phi) is 4.54. The Hall–Kier alpha value is -2.12. The third kappa shape index (κ3) is 3.69. The van der Waals surface area contributed by atoms with Gasteiger partial charge in [-0.1, -0.05) is 16.8 Å². The highest BCUT2D eigenvalue weighted by atomic mass is 35.5. The van der Waals surface area contributed by atoms with Crippen LogP contribution in [0.1, 0.15) is 12.6 Å². The third-order valence-electron chi connectivity index (χ3n) is 2.35. The van der Waals surface area contributed by atoms with Crippen molar-refractivity contribution in [3.63, 3.8) is 0 Å². The zero-order valence-corrected chi connectivity index (χ0v) is 12.0. The fraction of sp³-hybridized carbons (Fsp3) is 0.0833. The summed E-state index contributed by atoms with van der Waals surface area (Å²) in [6.45, 7) is 1.62. The molecule has 0 aliphatic rings. The number of hydrogen-bond acceptors (Lipinski definition) is 5. The van der Waals surface area contributed by atoms with Gasteiger partial charge in [0.05, 0.1) is 0 Å². The average molecular weight is 311 g/mol. The fourth-order valence-electron chi connectivity index (χ4n) is 1.34. The van der Waals surface area contributed by atoms with E-state index >= 15 is 0 Å². The summed E-state index contributed by atoms with van der Waals surface area (Å²) in [4.78, 5) is 15.9. The Morgan fingerprint density at radius 1 is 1.35 bits per heavy atom. The second kappa shape index (κ2) is 6.36. The molecular weight excluding hydrogens is 300 g/mol. The third-order valence-corrected chi connectivity index (χ3v) is 3.36. The summed E-state index contributed by atoms with van der Waals surface area (Å²) in [5.74, 6) is 0. The van der Waals surface area contributed by atoms with Gasteiger partial charge in [-0.3, -0.25) is 5.32 Å². The number of halogens is 1. The van der Waals surface area contributed by atoms with Crippen LogP contribution in [0.5, 0.6) is 0 Å². The molecule has 0 aliphatic carbocycles. The molecule has 0 atom stereocenters. The van der Waals surface area contributed by atoms with Crippen LogP contribution >= 0.6 is 22.9 Å². The van der Waals surface area contributed by atoms with Crippen LogP contribution in [0.25, 0.3) is 0 Å². The van der Waals surface area contributed by atoms with Crippen LogP contribution in [-0.4, -0.2) is 21.9 Å². The van der Waals surface area contributed by atoms with Gasteiger partial charge in [0.1, 0.15) is 11.4 Å². The molecule has 8 heteroatoms. The number of aromatic nitrogens is 1. The van der Waals surface area contributed by atoms with Gasteiger partial charge in [-0.25, -0.2) is 9.78 Å². The minimum Gasteiger partial charge on any atom is -0.411 e. The van der Waals surface area contributed by atoms with Gasteiger partial charge in [0.2, 0.25) is 0 Å². The summed E-state index contributed by atoms with van der Waals surface area (Å²) in [6.07, 6.45) is 0. The zero-order valence-electron chi connectivity index (χ0n) is 10.4. The minimum atomic E-state index is -0.410. The second-order valence-corrected chi connectivity index (χ2v) is 5.10. The quantitative estimate of drug-likeness (QED) is 0.459. The first-order valence-electron chi connectivity index (χ1n) is 5.56. The Morgan fingerprint density at radius 2 is 2.05 bits per heavy atom. The highest BCUT2D eigenvalue weighted by Crippen LogP contribution is 2.17. The summed E-state index contributed by atoms with van der Waals surface area (Å²) in [5, 5.41) is 19.6. The van der Waals surface area contributed by atoms with Crippen LogP contribution in [-0.2, 0) is 0 Å². The minimum absolute atomic E-state index is 0.382. The lowest BCUT2D eigenvalue weighted by atomic mass is 10.3. The molecule has 0 radical (unpaired) electrons. The lowest BCUT2D eigenvalue weighted by Crippen LogP contribution is -2.19. The second-order valence-electron chi connectivity index (χ2n) is 3.81. The lowest BCUT2D eigenvalue weighted by molar-refractivity contribution is 0.262. The number of nitrogens with zero attached hydrogens (tertiary/aromatic N) is 2. The van der Waals surface area contributed by atoms with E-state index in [9.17, 15) is 4.79 Å². The summed E-state index contributed by atoms with van der Waals surface area (Å²) in [5.41, 5.74) is 1.52. The first kappa shape index (κ1) is 14.3. The maximum atomic E-state index is 11.7. The predicted octanol–water partition coefficient (Wildman–Crippen LogP) is 3.64. The van der Waals surface area contributed by atoms with Gasteiger partial charge in [0, 0.05) is 16.1 Å². The number of benzene rings is 1. The molecule has 2 amide bonds. The van der Waals surface area contributed by atoms with Crippen molar-refractivity contribution in [2.45, 2.75) is 6.92 Å². The largest absolute Gasteiger partial charge is 0.411 e. The van der Waals surface area contributed by atoms with Gasteiger partial charge in [0.15, 0.2) is 5.13 Å². The number of nitrogens with one attached hydrogen (secondary N) is 2. The molecule has 0 bridgehead atoms. The molecule has 0 spiro atoms. The molecule has 0 fully saturated rings. The summed E-state index contributed by atoms with van der Waals surface area (Å²) >= 11 is 6.99. The van der Waals surface area contributed by atoms with Crippen molar-refractivity contribution in [2.24, 2.45) is 5.16 Å². The number of thiazole rings is 1. The van der Waals surface area contributed by atoms with E-state index in [2.05, 4.69) is 20.8 Å². The van der Waals surface area contributed by atoms with E-state index in [1.807, 2.05) is 0 Å². The molecule has 20 heavy (non-hydrogen) atoms. The Bertz CT molecular complexity index is 639. The molecule has 6 nitrogen and oxygen atoms in total. The first-order chi connectivity index (χ1) is 9.58. The number of urea groups is 1. The predicted molar refractivity (Wildman–Crippen MR) is 80.2 cm³/mol. The maximum Gasteiger partial charge on any atom is 0.325 e. The molecule has 3 N–H and O–H groups in total. The molecule has 1 aromatic carbocycles. The zero-order chi connectivity index (χ0) is 14.5. The molecule has 0 saturated heterocycles. The topological polar surface area (TPSA) is 86.6 Å². The average Bonchev–Trinajstić information content (AvgIpc) is 2.89. The molecule has 0 unspecified atom stereocenters. The number of amides is 2. The van der Waals surface area contributed by atoms with Crippen molar-refractivity contribution in [1.82, 2.24) is 4.98 Å². The standard InChI is InChI=1S/C12H11ClN4O2S/c1-7(17-19)10-6-20-12(15-10)16-11(18)14-9-4-2-8(13)3-5-9/h2-6,19H,1H3,(H2,14,15,16,18). The van der Waals surface area contributed by atoms with Crippen LogP contribution in [0.2, 0.25) is 5.02 Å². The van der Waals surface area contributed by atoms with Crippen LogP contribution in [0.15, 0.2) is 34.8 Å². The van der Waals surface area contributed by atoms with Crippen LogP contribution in [0.3, 0.4) is 0 Å². The van der Waals surface area contributed by atoms with Crippen LogP contribution < -0.4 is 10.6 Å². The van der Waals surface area contributed by atoms with E-state index < -0.39 is 6.03 Å². The van der Waals surface area contributed by atoms with Crippen molar-refractivity contribution < 1.29 is 10.0 Å². The van der Waals surface area contributed by atoms with Gasteiger partial charge in [-0.05, 0) is 31.2 Å². The number of anilines is 2. The molecule has 2 aromatic rings. The number of rotatable bonds is 3. The highest BCUT2D eigenvalue weighted by molar-refractivity contribution is 7.14. The van der Waals surface area contributed by atoms with Crippen molar-refractivity contribution in [2.75, 3.05) is 10.6 Å². The Morgan fingerprint density at radius 3 is 2.70 bits per heavy atom. The first-order valence-corrected chi connectivity index (χ1v) is 6.82. The van der Waals surface area contributed by atoms with Crippen molar-refractivity contribution >= 4 is 45.5 Å². The van der Waals surface area contributed by atoms with Crippen molar-refractivity contribution in [1.29, 1.82) is 0 Å². The van der Waals surface area contributed by atoms with E-state index in [-0.39, 0.29) is 0 Å². The summed E-state index contributed by atoms with van der Waals surface area (Å²) < 4.78 is 0. The van der Waals surface area contributed by atoms with E-state index in [1.165, 1.54) is 11.3 Å². The van der Waals surface area contributed by atoms with Crippen molar-refractivity contribution in [3.8, 4) is 0 Å². The van der Waals surface area contributed by atoms with E-state index in [0.717, 1.165) is 0 Å². The van der Waals surface area contributed by atoms with Gasteiger partial charge in [-0.2, -0.15) is 0 Å². The SMILES string of the molecule is CC(=NO)c1csc(NC(=O)Nc2ccc(Cl)cc2)n1. The maximum absolute atomic E-state index is 11.7. The van der Waals surface area contributed by atoms with Crippen molar-refractivity contribution in [3.05, 3.63) is 40.4 Å². The molecule has 104 valence electrons. The van der Waals surface area contributed by atoms with Crippen LogP contribution in [0.4, 0.5) is 15.6 Å². The number of hydrogen-bond donors (Lipinski definition) is 3. The van der Waals surface area contributed by atoms with E-state index in [1.54, 1.807) is 36.6 Å². The number of oxime groups is 1. The summed E-state index contributed by atoms with van der Waals surface area (Å²) in [7, 11) is 0. The monoisotopic (exact) mass is 310 g/mol. The Labute approximate surface area is 124 Å². The van der Waals surface area contributed by atoms with Gasteiger partial charge in [-0.15, -0.1) is 11.3 Å². The molecule has 1 heterocycles. The Balaban J connectivity index is 1.98. The fourth-order valence-corrected chi connectivity index (χ4v) is 2.22. The molecular formula is C12H11ClN4O2S. The molecule has 2 rings (SSSR count). The van der Waals surface area contributed by atoms with Gasteiger partial charge in [0.25, 0.3) is 0 Å². The van der Waals surface area contributed by atoms with Crippen LogP contribution in [0, 0.1) is 0 Å². The summed E-state index contributed by atoms with van der Waals surface area (Å²) in [6, 6.07) is 6.33. The highest BCUT2D eigenvalue weighted by Gasteiger charge is 2.08. The molecule has 1 aromatic heterocycles. The van der Waals surface area contributed by atoms with E-state index in [4.69, 9.17) is 16.8 Å². The normalized spacial score (nSPS) is 11.2. The van der Waals surface area contributed by atoms with E-state index in [0.29, 0.717) is 27.2 Å².